The van der Waals surface area contributed by atoms with Crippen LogP contribution in [0.15, 0.2) is 16.9 Å². The van der Waals surface area contributed by atoms with E-state index in [1.54, 1.807) is 6.07 Å². The van der Waals surface area contributed by atoms with Crippen LogP contribution in [0.25, 0.3) is 0 Å². The second kappa shape index (κ2) is 7.43. The number of nitrogens with zero attached hydrogens (tertiary/aromatic N) is 1. The summed E-state index contributed by atoms with van der Waals surface area (Å²) in [4.78, 5) is 21.6. The molecule has 1 heterocycles. The Bertz CT molecular complexity index is 348. The zero-order valence-corrected chi connectivity index (χ0v) is 9.52. The van der Waals surface area contributed by atoms with Gasteiger partial charge in [-0.1, -0.05) is 11.6 Å². The van der Waals surface area contributed by atoms with Crippen molar-refractivity contribution in [1.82, 2.24) is 10.5 Å². The molecule has 1 rings (SSSR count). The Hall–Kier alpha value is -1.85. The number of carbonyl (C=O) groups is 2. The molecule has 1 aromatic rings. The molecule has 0 fully saturated rings. The van der Waals surface area contributed by atoms with Crippen molar-refractivity contribution >= 4 is 11.9 Å². The predicted molar refractivity (Wildman–Crippen MR) is 59.3 cm³/mol. The number of hydrogen-bond acceptors (Lipinski definition) is 4. The monoisotopic (exact) mass is 240 g/mol. The molecule has 6 nitrogen and oxygen atoms in total. The topological polar surface area (TPSA) is 92.4 Å². The number of rotatable bonds is 8. The summed E-state index contributed by atoms with van der Waals surface area (Å²) in [5.41, 5.74) is 0.605. The molecular formula is C11H16N2O4. The van der Waals surface area contributed by atoms with Crippen molar-refractivity contribution in [2.75, 3.05) is 6.54 Å². The molecule has 0 spiro atoms. The highest BCUT2D eigenvalue weighted by Crippen LogP contribution is 1.99. The van der Waals surface area contributed by atoms with Crippen molar-refractivity contribution in [3.8, 4) is 0 Å². The normalized spacial score (nSPS) is 10.1. The number of carboxylic acids is 1. The Morgan fingerprint density at radius 2 is 2.18 bits per heavy atom. The van der Waals surface area contributed by atoms with E-state index in [1.165, 1.54) is 6.26 Å². The Kier molecular flexibility index (Phi) is 5.77. The summed E-state index contributed by atoms with van der Waals surface area (Å²) in [7, 11) is 0. The fourth-order valence-electron chi connectivity index (χ4n) is 1.36. The van der Waals surface area contributed by atoms with Crippen molar-refractivity contribution < 1.29 is 19.2 Å². The van der Waals surface area contributed by atoms with E-state index in [2.05, 4.69) is 15.0 Å². The van der Waals surface area contributed by atoms with Gasteiger partial charge in [-0.2, -0.15) is 0 Å². The molecular weight excluding hydrogens is 224 g/mol. The quantitative estimate of drug-likeness (QED) is 0.661. The van der Waals surface area contributed by atoms with Crippen LogP contribution in [0.4, 0.5) is 0 Å². The third-order valence-corrected chi connectivity index (χ3v) is 2.22. The van der Waals surface area contributed by atoms with Gasteiger partial charge < -0.3 is 14.9 Å². The molecule has 0 saturated carbocycles. The number of carbonyl (C=O) groups excluding carboxylic acids is 1. The van der Waals surface area contributed by atoms with E-state index in [9.17, 15) is 9.59 Å². The summed E-state index contributed by atoms with van der Waals surface area (Å²) < 4.78 is 4.61. The summed E-state index contributed by atoms with van der Waals surface area (Å²) in [6.45, 7) is 0.566. The van der Waals surface area contributed by atoms with Crippen LogP contribution in [-0.4, -0.2) is 28.7 Å². The molecule has 0 aromatic carbocycles. The highest BCUT2D eigenvalue weighted by molar-refractivity contribution is 5.77. The average molecular weight is 240 g/mol. The minimum Gasteiger partial charge on any atom is -0.481 e. The maximum Gasteiger partial charge on any atom is 0.303 e. The fraction of sp³-hybridized carbons (Fsp3) is 0.545. The first-order valence-corrected chi connectivity index (χ1v) is 5.56. The first kappa shape index (κ1) is 13.2. The van der Waals surface area contributed by atoms with Gasteiger partial charge in [0.05, 0.1) is 12.1 Å². The third-order valence-electron chi connectivity index (χ3n) is 2.22. The molecule has 0 aliphatic carbocycles. The molecule has 0 aliphatic rings. The molecule has 1 aromatic heterocycles. The summed E-state index contributed by atoms with van der Waals surface area (Å²) in [5, 5.41) is 14.8. The highest BCUT2D eigenvalue weighted by Gasteiger charge is 2.04. The lowest BCUT2D eigenvalue weighted by Gasteiger charge is -2.03. The molecule has 0 unspecified atom stereocenters. The number of aliphatic carboxylic acids is 1. The standard InChI is InChI=1S/C11H16N2O4/c14-10(8-9-5-7-17-13-9)12-6-3-1-2-4-11(15)16/h5,7H,1-4,6,8H2,(H,12,14)(H,15,16). The largest absolute Gasteiger partial charge is 0.481 e. The van der Waals surface area contributed by atoms with Gasteiger partial charge in [-0.25, -0.2) is 0 Å². The van der Waals surface area contributed by atoms with Gasteiger partial charge in [-0.3, -0.25) is 9.59 Å². The Balaban J connectivity index is 1.99. The van der Waals surface area contributed by atoms with Crippen molar-refractivity contribution in [2.24, 2.45) is 0 Å². The summed E-state index contributed by atoms with van der Waals surface area (Å²) in [5.74, 6) is -0.878. The zero-order valence-electron chi connectivity index (χ0n) is 9.52. The van der Waals surface area contributed by atoms with Crippen LogP contribution in [0.2, 0.25) is 0 Å². The maximum absolute atomic E-state index is 11.4. The van der Waals surface area contributed by atoms with Gasteiger partial charge >= 0.3 is 5.97 Å². The lowest BCUT2D eigenvalue weighted by atomic mass is 10.2. The van der Waals surface area contributed by atoms with Gasteiger partial charge in [-0.05, 0) is 12.8 Å². The Morgan fingerprint density at radius 1 is 1.35 bits per heavy atom. The lowest BCUT2D eigenvalue weighted by Crippen LogP contribution is -2.26. The minimum atomic E-state index is -0.778. The van der Waals surface area contributed by atoms with E-state index in [0.29, 0.717) is 18.7 Å². The number of unbranched alkanes of at least 4 members (excludes halogenated alkanes) is 2. The van der Waals surface area contributed by atoms with Crippen molar-refractivity contribution in [2.45, 2.75) is 32.1 Å². The minimum absolute atomic E-state index is 0.0999. The van der Waals surface area contributed by atoms with E-state index in [4.69, 9.17) is 5.11 Å². The highest BCUT2D eigenvalue weighted by atomic mass is 16.5. The van der Waals surface area contributed by atoms with Crippen LogP contribution in [0.5, 0.6) is 0 Å². The number of aromatic nitrogens is 1. The molecule has 17 heavy (non-hydrogen) atoms. The van der Waals surface area contributed by atoms with Crippen LogP contribution >= 0.6 is 0 Å². The van der Waals surface area contributed by atoms with E-state index in [-0.39, 0.29) is 18.7 Å². The van der Waals surface area contributed by atoms with Crippen LogP contribution in [-0.2, 0) is 16.0 Å². The number of hydrogen-bond donors (Lipinski definition) is 2. The van der Waals surface area contributed by atoms with E-state index in [0.717, 1.165) is 12.8 Å². The van der Waals surface area contributed by atoms with E-state index < -0.39 is 5.97 Å². The number of nitrogens with one attached hydrogen (secondary N) is 1. The molecule has 0 saturated heterocycles. The van der Waals surface area contributed by atoms with Gasteiger partial charge in [0.15, 0.2) is 0 Å². The lowest BCUT2D eigenvalue weighted by molar-refractivity contribution is -0.137. The van der Waals surface area contributed by atoms with Crippen molar-refractivity contribution in [3.63, 3.8) is 0 Å². The van der Waals surface area contributed by atoms with Gasteiger partial charge in [0.1, 0.15) is 6.26 Å². The molecule has 0 radical (unpaired) electrons. The van der Waals surface area contributed by atoms with Crippen molar-refractivity contribution in [1.29, 1.82) is 0 Å². The van der Waals surface area contributed by atoms with Crippen molar-refractivity contribution in [3.05, 3.63) is 18.0 Å². The van der Waals surface area contributed by atoms with E-state index >= 15 is 0 Å². The molecule has 0 atom stereocenters. The Labute approximate surface area is 99.0 Å². The number of carboxylic acid groups (broad SMARTS) is 1. The summed E-state index contributed by atoms with van der Waals surface area (Å²) >= 11 is 0. The summed E-state index contributed by atoms with van der Waals surface area (Å²) in [6.07, 6.45) is 4.07. The molecule has 2 N–H and O–H groups in total. The first-order valence-electron chi connectivity index (χ1n) is 5.56. The Morgan fingerprint density at radius 3 is 2.82 bits per heavy atom. The van der Waals surface area contributed by atoms with Gasteiger partial charge in [-0.15, -0.1) is 0 Å². The SMILES string of the molecule is O=C(O)CCCCCNC(=O)Cc1ccon1. The average Bonchev–Trinajstić information content (AvgIpc) is 2.75. The van der Waals surface area contributed by atoms with Gasteiger partial charge in [0.2, 0.25) is 5.91 Å². The molecule has 0 aliphatic heterocycles. The van der Waals surface area contributed by atoms with Crippen LogP contribution in [0, 0.1) is 0 Å². The second-order valence-electron chi connectivity index (χ2n) is 3.72. The molecule has 1 amide bonds. The molecule has 0 bridgehead atoms. The number of amides is 1. The predicted octanol–water partition coefficient (Wildman–Crippen LogP) is 0.978. The van der Waals surface area contributed by atoms with Gasteiger partial charge in [0, 0.05) is 19.0 Å². The van der Waals surface area contributed by atoms with Crippen LogP contribution in [0.3, 0.4) is 0 Å². The molecule has 6 heteroatoms. The van der Waals surface area contributed by atoms with E-state index in [1.807, 2.05) is 0 Å². The van der Waals surface area contributed by atoms with Crippen LogP contribution in [0.1, 0.15) is 31.4 Å². The third kappa shape index (κ3) is 6.34. The fourth-order valence-corrected chi connectivity index (χ4v) is 1.36. The second-order valence-corrected chi connectivity index (χ2v) is 3.72. The molecule has 94 valence electrons. The van der Waals surface area contributed by atoms with Crippen LogP contribution < -0.4 is 5.32 Å². The maximum atomic E-state index is 11.4. The summed E-state index contributed by atoms with van der Waals surface area (Å²) in [6, 6.07) is 1.65. The first-order chi connectivity index (χ1) is 8.18. The smallest absolute Gasteiger partial charge is 0.303 e. The van der Waals surface area contributed by atoms with Gasteiger partial charge in [0.25, 0.3) is 0 Å². The zero-order chi connectivity index (χ0) is 12.5.